The fourth-order valence-electron chi connectivity index (χ4n) is 3.01. The predicted molar refractivity (Wildman–Crippen MR) is 103 cm³/mol. The SMILES string of the molecule is CC(NC(=O)c1cc(Cl)c2c(c1)OCCO2)c1cc2c(cc1Br)OCCO2. The van der Waals surface area contributed by atoms with Crippen LogP contribution in [0.1, 0.15) is 28.9 Å². The molecule has 2 aromatic carbocycles. The third-order valence-corrected chi connectivity index (χ3v) is 5.30. The van der Waals surface area contributed by atoms with Crippen LogP contribution >= 0.6 is 27.5 Å². The normalized spacial score (nSPS) is 15.8. The lowest BCUT2D eigenvalue weighted by Crippen LogP contribution is -2.27. The average Bonchev–Trinajstić information content (AvgIpc) is 2.67. The van der Waals surface area contributed by atoms with Gasteiger partial charge in [-0.05, 0) is 36.8 Å². The van der Waals surface area contributed by atoms with Gasteiger partial charge < -0.3 is 24.3 Å². The molecule has 1 unspecified atom stereocenters. The van der Waals surface area contributed by atoms with E-state index < -0.39 is 0 Å². The molecule has 0 fully saturated rings. The summed E-state index contributed by atoms with van der Waals surface area (Å²) in [5, 5.41) is 3.33. The van der Waals surface area contributed by atoms with E-state index >= 15 is 0 Å². The molecule has 2 aliphatic rings. The van der Waals surface area contributed by atoms with Gasteiger partial charge in [0, 0.05) is 10.0 Å². The maximum Gasteiger partial charge on any atom is 0.251 e. The number of rotatable bonds is 3. The summed E-state index contributed by atoms with van der Waals surface area (Å²) in [6.45, 7) is 3.79. The van der Waals surface area contributed by atoms with E-state index in [9.17, 15) is 4.79 Å². The Kier molecular flexibility index (Phi) is 5.06. The van der Waals surface area contributed by atoms with E-state index in [2.05, 4.69) is 21.2 Å². The second-order valence-corrected chi connectivity index (χ2v) is 7.46. The summed E-state index contributed by atoms with van der Waals surface area (Å²) < 4.78 is 23.1. The van der Waals surface area contributed by atoms with Crippen molar-refractivity contribution in [3.05, 3.63) is 44.9 Å². The van der Waals surface area contributed by atoms with E-state index in [1.165, 1.54) is 0 Å². The van der Waals surface area contributed by atoms with Crippen LogP contribution in [0, 0.1) is 0 Å². The van der Waals surface area contributed by atoms with Crippen LogP contribution in [0.5, 0.6) is 23.0 Å². The van der Waals surface area contributed by atoms with Gasteiger partial charge in [0.05, 0.1) is 11.1 Å². The molecule has 0 saturated carbocycles. The minimum absolute atomic E-state index is 0.261. The zero-order valence-corrected chi connectivity index (χ0v) is 16.9. The van der Waals surface area contributed by atoms with E-state index in [4.69, 9.17) is 30.5 Å². The highest BCUT2D eigenvalue weighted by molar-refractivity contribution is 9.10. The lowest BCUT2D eigenvalue weighted by atomic mass is 10.1. The lowest BCUT2D eigenvalue weighted by Gasteiger charge is -2.23. The molecule has 6 nitrogen and oxygen atoms in total. The van der Waals surface area contributed by atoms with E-state index in [0.717, 1.165) is 10.0 Å². The van der Waals surface area contributed by atoms with Gasteiger partial charge in [0.25, 0.3) is 5.91 Å². The Morgan fingerprint density at radius 2 is 1.63 bits per heavy atom. The minimum atomic E-state index is -0.269. The quantitative estimate of drug-likeness (QED) is 0.755. The smallest absolute Gasteiger partial charge is 0.251 e. The summed E-state index contributed by atoms with van der Waals surface area (Å²) in [5.41, 5.74) is 1.29. The van der Waals surface area contributed by atoms with Gasteiger partial charge in [-0.25, -0.2) is 0 Å². The Balaban J connectivity index is 1.55. The number of benzene rings is 2. The number of carbonyl (C=O) groups is 1. The molecule has 0 radical (unpaired) electrons. The minimum Gasteiger partial charge on any atom is -0.486 e. The Bertz CT molecular complexity index is 904. The van der Waals surface area contributed by atoms with Gasteiger partial charge >= 0.3 is 0 Å². The Morgan fingerprint density at radius 1 is 1.00 bits per heavy atom. The molecule has 0 spiro atoms. The monoisotopic (exact) mass is 453 g/mol. The second kappa shape index (κ2) is 7.48. The summed E-state index contributed by atoms with van der Waals surface area (Å²) in [7, 11) is 0. The first-order valence-electron chi connectivity index (χ1n) is 8.52. The van der Waals surface area contributed by atoms with E-state index in [-0.39, 0.29) is 11.9 Å². The number of amides is 1. The topological polar surface area (TPSA) is 66.0 Å². The van der Waals surface area contributed by atoms with Crippen molar-refractivity contribution in [1.29, 1.82) is 0 Å². The molecular weight excluding hydrogens is 438 g/mol. The van der Waals surface area contributed by atoms with Crippen molar-refractivity contribution in [3.63, 3.8) is 0 Å². The molecule has 1 amide bonds. The third kappa shape index (κ3) is 3.66. The molecule has 0 aromatic heterocycles. The molecule has 27 heavy (non-hydrogen) atoms. The van der Waals surface area contributed by atoms with Gasteiger partial charge in [-0.3, -0.25) is 4.79 Å². The molecule has 0 aliphatic carbocycles. The lowest BCUT2D eigenvalue weighted by molar-refractivity contribution is 0.0938. The zero-order valence-electron chi connectivity index (χ0n) is 14.5. The number of ether oxygens (including phenoxy) is 4. The molecule has 1 N–H and O–H groups in total. The summed E-state index contributed by atoms with van der Waals surface area (Å²) in [6.07, 6.45) is 0. The maximum absolute atomic E-state index is 12.7. The van der Waals surface area contributed by atoms with Crippen molar-refractivity contribution < 1.29 is 23.7 Å². The van der Waals surface area contributed by atoms with Crippen LogP contribution in [0.15, 0.2) is 28.7 Å². The zero-order chi connectivity index (χ0) is 19.0. The third-order valence-electron chi connectivity index (χ3n) is 4.33. The number of hydrogen-bond acceptors (Lipinski definition) is 5. The Labute approximate surface area is 169 Å². The first-order chi connectivity index (χ1) is 13.0. The largest absolute Gasteiger partial charge is 0.486 e. The van der Waals surface area contributed by atoms with Crippen molar-refractivity contribution in [2.75, 3.05) is 26.4 Å². The van der Waals surface area contributed by atoms with E-state index in [1.54, 1.807) is 12.1 Å². The molecule has 2 heterocycles. The Hall–Kier alpha value is -2.12. The second-order valence-electron chi connectivity index (χ2n) is 6.19. The fourth-order valence-corrected chi connectivity index (χ4v) is 3.94. The van der Waals surface area contributed by atoms with Crippen molar-refractivity contribution in [3.8, 4) is 23.0 Å². The molecule has 2 aliphatic heterocycles. The van der Waals surface area contributed by atoms with Crippen LogP contribution in [0.2, 0.25) is 5.02 Å². The molecule has 4 rings (SSSR count). The summed E-state index contributed by atoms with van der Waals surface area (Å²) in [6, 6.07) is 6.68. The fraction of sp³-hybridized carbons (Fsp3) is 0.316. The van der Waals surface area contributed by atoms with Crippen LogP contribution in [0.25, 0.3) is 0 Å². The number of halogens is 2. The molecule has 0 bridgehead atoms. The molecule has 8 heteroatoms. The number of nitrogens with one attached hydrogen (secondary N) is 1. The van der Waals surface area contributed by atoms with Crippen LogP contribution in [-0.4, -0.2) is 32.3 Å². The highest BCUT2D eigenvalue weighted by Crippen LogP contribution is 2.39. The van der Waals surface area contributed by atoms with Crippen molar-refractivity contribution in [2.45, 2.75) is 13.0 Å². The summed E-state index contributed by atoms with van der Waals surface area (Å²) in [5.74, 6) is 2.05. The summed E-state index contributed by atoms with van der Waals surface area (Å²) >= 11 is 9.77. The first kappa shape index (κ1) is 18.3. The van der Waals surface area contributed by atoms with Gasteiger partial charge in [-0.2, -0.15) is 0 Å². The van der Waals surface area contributed by atoms with E-state index in [0.29, 0.717) is 60.0 Å². The van der Waals surface area contributed by atoms with Crippen molar-refractivity contribution >= 4 is 33.4 Å². The van der Waals surface area contributed by atoms with Crippen molar-refractivity contribution in [1.82, 2.24) is 5.32 Å². The van der Waals surface area contributed by atoms with Gasteiger partial charge in [-0.15, -0.1) is 0 Å². The Morgan fingerprint density at radius 3 is 2.37 bits per heavy atom. The van der Waals surface area contributed by atoms with Crippen LogP contribution in [0.4, 0.5) is 0 Å². The number of hydrogen-bond donors (Lipinski definition) is 1. The van der Waals surface area contributed by atoms with Crippen LogP contribution in [0.3, 0.4) is 0 Å². The van der Waals surface area contributed by atoms with Gasteiger partial charge in [0.2, 0.25) is 0 Å². The standard InChI is InChI=1S/C19H17BrClNO5/c1-10(12-8-15-16(9-13(12)20)25-3-2-24-15)22-19(23)11-6-14(21)18-17(7-11)26-4-5-27-18/h6-10H,2-5H2,1H3,(H,22,23). The molecule has 1 atom stereocenters. The first-order valence-corrected chi connectivity index (χ1v) is 9.69. The highest BCUT2D eigenvalue weighted by atomic mass is 79.9. The van der Waals surface area contributed by atoms with E-state index in [1.807, 2.05) is 19.1 Å². The molecule has 142 valence electrons. The highest BCUT2D eigenvalue weighted by Gasteiger charge is 2.22. The molecular formula is C19H17BrClNO5. The van der Waals surface area contributed by atoms with Gasteiger partial charge in [0.1, 0.15) is 26.4 Å². The van der Waals surface area contributed by atoms with Gasteiger partial charge in [0.15, 0.2) is 23.0 Å². The number of fused-ring (bicyclic) bond motifs is 2. The van der Waals surface area contributed by atoms with Gasteiger partial charge in [-0.1, -0.05) is 27.5 Å². The van der Waals surface area contributed by atoms with Crippen molar-refractivity contribution in [2.24, 2.45) is 0 Å². The molecule has 2 aromatic rings. The molecule has 0 saturated heterocycles. The summed E-state index contributed by atoms with van der Waals surface area (Å²) in [4.78, 5) is 12.7. The average molecular weight is 455 g/mol. The number of carbonyl (C=O) groups excluding carboxylic acids is 1. The van der Waals surface area contributed by atoms with Crippen LogP contribution < -0.4 is 24.3 Å². The maximum atomic E-state index is 12.7. The predicted octanol–water partition coefficient (Wildman–Crippen LogP) is 4.14. The van der Waals surface area contributed by atoms with Crippen LogP contribution in [-0.2, 0) is 0 Å².